The molecule has 110 valence electrons. The van der Waals surface area contributed by atoms with Gasteiger partial charge in [0.2, 0.25) is 0 Å². The van der Waals surface area contributed by atoms with E-state index < -0.39 is 8.80 Å². The van der Waals surface area contributed by atoms with Crippen molar-refractivity contribution in [2.75, 3.05) is 19.8 Å². The third kappa shape index (κ3) is 8.53. The van der Waals surface area contributed by atoms with Gasteiger partial charge in [-0.15, -0.1) is 0 Å². The third-order valence-electron chi connectivity index (χ3n) is 2.45. The fourth-order valence-electron chi connectivity index (χ4n) is 1.50. The van der Waals surface area contributed by atoms with Gasteiger partial charge in [-0.1, -0.05) is 27.7 Å². The minimum absolute atomic E-state index is 0.359. The molecule has 0 spiro atoms. The van der Waals surface area contributed by atoms with Gasteiger partial charge in [-0.3, -0.25) is 0 Å². The molecule has 0 rings (SSSR count). The summed E-state index contributed by atoms with van der Waals surface area (Å²) in [6, 6.07) is 0.873. The van der Waals surface area contributed by atoms with E-state index in [2.05, 4.69) is 40.3 Å². The lowest BCUT2D eigenvalue weighted by Gasteiger charge is -2.30. The van der Waals surface area contributed by atoms with E-state index in [9.17, 15) is 0 Å². The van der Waals surface area contributed by atoms with Crippen LogP contribution in [0.25, 0.3) is 0 Å². The highest BCUT2D eigenvalue weighted by Crippen LogP contribution is 2.21. The first-order valence-corrected chi connectivity index (χ1v) is 9.65. The Labute approximate surface area is 119 Å². The minimum Gasteiger partial charge on any atom is -0.373 e. The highest BCUT2D eigenvalue weighted by atomic mass is 32.1. The summed E-state index contributed by atoms with van der Waals surface area (Å²) in [5, 5.41) is 0.359. The summed E-state index contributed by atoms with van der Waals surface area (Å²) >= 11 is 4.44. The Balaban J connectivity index is 4.51. The van der Waals surface area contributed by atoms with Crippen LogP contribution >= 0.6 is 12.6 Å². The van der Waals surface area contributed by atoms with Crippen LogP contribution in [0.1, 0.15) is 53.4 Å². The third-order valence-corrected chi connectivity index (χ3v) is 5.54. The van der Waals surface area contributed by atoms with Gasteiger partial charge in [-0.25, -0.2) is 0 Å². The van der Waals surface area contributed by atoms with Gasteiger partial charge in [0.05, 0.1) is 0 Å². The molecule has 0 aliphatic heterocycles. The summed E-state index contributed by atoms with van der Waals surface area (Å²) in [6.07, 6.45) is 3.97. The molecule has 0 aromatic carbocycles. The number of rotatable bonds is 12. The highest BCUT2D eigenvalue weighted by Gasteiger charge is 2.40. The van der Waals surface area contributed by atoms with Crippen molar-refractivity contribution in [3.8, 4) is 0 Å². The lowest BCUT2D eigenvalue weighted by atomic mass is 10.4. The molecule has 0 aromatic rings. The summed E-state index contributed by atoms with van der Waals surface area (Å²) in [7, 11) is -2.47. The highest BCUT2D eigenvalue weighted by molar-refractivity contribution is 7.80. The second-order valence-electron chi connectivity index (χ2n) is 4.62. The first kappa shape index (κ1) is 18.4. The molecule has 0 aliphatic carbocycles. The SMILES string of the molecule is CCCO[Si](CCC(C)S)(OCCC)OCCC. The molecular weight excluding hydrogens is 264 g/mol. The van der Waals surface area contributed by atoms with E-state index in [0.717, 1.165) is 51.5 Å². The van der Waals surface area contributed by atoms with Crippen LogP contribution in [0.3, 0.4) is 0 Å². The maximum Gasteiger partial charge on any atom is 0.500 e. The average Bonchev–Trinajstić information content (AvgIpc) is 2.37. The predicted octanol–water partition coefficient (Wildman–Crippen LogP) is 3.91. The van der Waals surface area contributed by atoms with E-state index in [0.29, 0.717) is 5.25 Å². The van der Waals surface area contributed by atoms with Gasteiger partial charge in [-0.2, -0.15) is 12.6 Å². The molecule has 0 radical (unpaired) electrons. The topological polar surface area (TPSA) is 27.7 Å². The molecule has 0 bridgehead atoms. The number of hydrogen-bond donors (Lipinski definition) is 1. The van der Waals surface area contributed by atoms with Crippen LogP contribution in [0.15, 0.2) is 0 Å². The normalized spacial score (nSPS) is 13.8. The zero-order valence-corrected chi connectivity index (χ0v) is 14.3. The van der Waals surface area contributed by atoms with Gasteiger partial charge in [0, 0.05) is 25.9 Å². The molecule has 0 N–H and O–H groups in total. The monoisotopic (exact) mass is 294 g/mol. The smallest absolute Gasteiger partial charge is 0.373 e. The van der Waals surface area contributed by atoms with E-state index in [1.54, 1.807) is 0 Å². The Morgan fingerprint density at radius 1 is 0.889 bits per heavy atom. The molecule has 3 nitrogen and oxygen atoms in total. The van der Waals surface area contributed by atoms with Crippen LogP contribution in [-0.4, -0.2) is 33.9 Å². The first-order valence-electron chi connectivity index (χ1n) is 7.20. The maximum atomic E-state index is 5.99. The molecule has 0 aromatic heterocycles. The van der Waals surface area contributed by atoms with E-state index in [4.69, 9.17) is 13.3 Å². The summed E-state index contributed by atoms with van der Waals surface area (Å²) in [5.41, 5.74) is 0. The van der Waals surface area contributed by atoms with Crippen LogP contribution in [0.4, 0.5) is 0 Å². The van der Waals surface area contributed by atoms with Gasteiger partial charge in [0.1, 0.15) is 0 Å². The van der Waals surface area contributed by atoms with Crippen LogP contribution in [0, 0.1) is 0 Å². The zero-order valence-electron chi connectivity index (χ0n) is 12.4. The fraction of sp³-hybridized carbons (Fsp3) is 1.00. The largest absolute Gasteiger partial charge is 0.500 e. The average molecular weight is 295 g/mol. The van der Waals surface area contributed by atoms with E-state index in [1.807, 2.05) is 0 Å². The molecule has 18 heavy (non-hydrogen) atoms. The Kier molecular flexibility index (Phi) is 11.6. The molecule has 0 heterocycles. The van der Waals surface area contributed by atoms with Crippen LogP contribution < -0.4 is 0 Å². The van der Waals surface area contributed by atoms with Gasteiger partial charge in [0.15, 0.2) is 0 Å². The van der Waals surface area contributed by atoms with Crippen molar-refractivity contribution in [3.05, 3.63) is 0 Å². The second-order valence-corrected chi connectivity index (χ2v) is 8.23. The van der Waals surface area contributed by atoms with Crippen molar-refractivity contribution < 1.29 is 13.3 Å². The van der Waals surface area contributed by atoms with Crippen LogP contribution in [0.5, 0.6) is 0 Å². The molecule has 0 saturated heterocycles. The van der Waals surface area contributed by atoms with Crippen molar-refractivity contribution in [1.82, 2.24) is 0 Å². The maximum absolute atomic E-state index is 5.99. The minimum atomic E-state index is -2.47. The number of thiol groups is 1. The lowest BCUT2D eigenvalue weighted by molar-refractivity contribution is 0.0588. The summed E-state index contributed by atoms with van der Waals surface area (Å²) in [6.45, 7) is 10.6. The molecule has 0 saturated carbocycles. The quantitative estimate of drug-likeness (QED) is 0.437. The molecule has 1 atom stereocenters. The van der Waals surface area contributed by atoms with Crippen LogP contribution in [-0.2, 0) is 13.3 Å². The van der Waals surface area contributed by atoms with Crippen LogP contribution in [0.2, 0.25) is 6.04 Å². The predicted molar refractivity (Wildman–Crippen MR) is 82.4 cm³/mol. The Hall–Kier alpha value is 0.447. The Bertz CT molecular complexity index is 169. The van der Waals surface area contributed by atoms with E-state index in [1.165, 1.54) is 0 Å². The Morgan fingerprint density at radius 2 is 1.28 bits per heavy atom. The molecular formula is C13H30O3SSi. The summed E-state index contributed by atoms with van der Waals surface area (Å²) in [5.74, 6) is 0. The fourth-order valence-corrected chi connectivity index (χ4v) is 4.89. The van der Waals surface area contributed by atoms with Gasteiger partial charge in [0.25, 0.3) is 0 Å². The Morgan fingerprint density at radius 3 is 1.56 bits per heavy atom. The standard InChI is InChI=1S/C13H30O3SSi/c1-5-9-14-18(15-10-6-2,16-11-7-3)12-8-13(4)17/h13,17H,5-12H2,1-4H3. The summed E-state index contributed by atoms with van der Waals surface area (Å²) < 4.78 is 18.0. The van der Waals surface area contributed by atoms with Crippen molar-refractivity contribution >= 4 is 21.4 Å². The van der Waals surface area contributed by atoms with Crippen molar-refractivity contribution in [3.63, 3.8) is 0 Å². The van der Waals surface area contributed by atoms with Crippen molar-refractivity contribution in [2.24, 2.45) is 0 Å². The van der Waals surface area contributed by atoms with Gasteiger partial charge in [-0.05, 0) is 30.9 Å². The molecule has 0 aliphatic rings. The van der Waals surface area contributed by atoms with E-state index >= 15 is 0 Å². The molecule has 0 amide bonds. The van der Waals surface area contributed by atoms with Gasteiger partial charge >= 0.3 is 8.80 Å². The van der Waals surface area contributed by atoms with Gasteiger partial charge < -0.3 is 13.3 Å². The second kappa shape index (κ2) is 11.3. The summed E-state index contributed by atoms with van der Waals surface area (Å²) in [4.78, 5) is 0. The first-order chi connectivity index (χ1) is 8.60. The lowest BCUT2D eigenvalue weighted by Crippen LogP contribution is -2.46. The van der Waals surface area contributed by atoms with Crippen molar-refractivity contribution in [2.45, 2.75) is 64.7 Å². The van der Waals surface area contributed by atoms with Crippen molar-refractivity contribution in [1.29, 1.82) is 0 Å². The molecule has 5 heteroatoms. The zero-order chi connectivity index (χ0) is 13.9. The van der Waals surface area contributed by atoms with E-state index in [-0.39, 0.29) is 0 Å². The molecule has 0 fully saturated rings. The molecule has 1 unspecified atom stereocenters. The number of hydrogen-bond acceptors (Lipinski definition) is 4.